The van der Waals surface area contributed by atoms with Crippen molar-refractivity contribution < 1.29 is 4.79 Å². The number of hydrogen-bond acceptors (Lipinski definition) is 4. The fraction of sp³-hybridized carbons (Fsp3) is 0.500. The average molecular weight is 366 g/mol. The minimum Gasteiger partial charge on any atom is -0.339 e. The molecular weight excluding hydrogens is 338 g/mol. The summed E-state index contributed by atoms with van der Waals surface area (Å²) < 4.78 is 1.71. The first-order valence-corrected chi connectivity index (χ1v) is 8.54. The van der Waals surface area contributed by atoms with Gasteiger partial charge in [-0.25, -0.2) is 9.67 Å². The Morgan fingerprint density at radius 2 is 1.88 bits per heavy atom. The first kappa shape index (κ1) is 21.1. The number of halogens is 1. The Hall–Kier alpha value is -1.92. The Kier molecular flexibility index (Phi) is 9.16. The molecule has 1 aromatic heterocycles. The van der Waals surface area contributed by atoms with Crippen LogP contribution in [0.5, 0.6) is 0 Å². The molecule has 0 radical (unpaired) electrons. The number of hydrogen-bond donors (Lipinski definition) is 1. The smallest absolute Gasteiger partial charge is 0.222 e. The molecule has 7 heteroatoms. The number of nitrogens with two attached hydrogens (primary N) is 1. The second-order valence-corrected chi connectivity index (χ2v) is 6.07. The summed E-state index contributed by atoms with van der Waals surface area (Å²) >= 11 is 0. The van der Waals surface area contributed by atoms with Gasteiger partial charge in [-0.1, -0.05) is 25.0 Å². The molecule has 1 heterocycles. The Bertz CT molecular complexity index is 615. The molecule has 0 spiro atoms. The first-order valence-electron chi connectivity index (χ1n) is 8.54. The Morgan fingerprint density at radius 3 is 2.48 bits per heavy atom. The highest BCUT2D eigenvalue weighted by Crippen LogP contribution is 2.21. The van der Waals surface area contributed by atoms with Gasteiger partial charge in [-0.05, 0) is 44.0 Å². The van der Waals surface area contributed by atoms with Gasteiger partial charge in [0.1, 0.15) is 12.7 Å². The van der Waals surface area contributed by atoms with E-state index in [1.165, 1.54) is 6.33 Å². The van der Waals surface area contributed by atoms with E-state index in [9.17, 15) is 4.79 Å². The van der Waals surface area contributed by atoms with E-state index in [2.05, 4.69) is 17.0 Å². The average Bonchev–Trinajstić information content (AvgIpc) is 3.15. The van der Waals surface area contributed by atoms with E-state index in [1.54, 1.807) is 11.0 Å². The third kappa shape index (κ3) is 6.14. The molecule has 1 amide bonds. The molecule has 0 fully saturated rings. The van der Waals surface area contributed by atoms with Crippen LogP contribution in [0.4, 0.5) is 0 Å². The predicted molar refractivity (Wildman–Crippen MR) is 102 cm³/mol. The summed E-state index contributed by atoms with van der Waals surface area (Å²) in [5, 5.41) is 4.11. The standard InChI is InChI=1S/C18H27N5O.ClH/c1-15(22(2)18(24)7-5-3-4-6-12-19)16-8-10-17(11-9-16)23-14-20-13-21-23;/h8-11,13-15H,3-7,12,19H2,1-2H3;1H. The van der Waals surface area contributed by atoms with E-state index < -0.39 is 0 Å². The highest BCUT2D eigenvalue weighted by Gasteiger charge is 2.17. The second kappa shape index (κ2) is 10.8. The molecule has 0 saturated heterocycles. The van der Waals surface area contributed by atoms with Crippen molar-refractivity contribution in [1.82, 2.24) is 19.7 Å². The second-order valence-electron chi connectivity index (χ2n) is 6.07. The highest BCUT2D eigenvalue weighted by atomic mass is 35.5. The van der Waals surface area contributed by atoms with Crippen molar-refractivity contribution >= 4 is 18.3 Å². The van der Waals surface area contributed by atoms with Crippen LogP contribution in [0.3, 0.4) is 0 Å². The van der Waals surface area contributed by atoms with Crippen LogP contribution in [-0.4, -0.2) is 39.2 Å². The van der Waals surface area contributed by atoms with Gasteiger partial charge in [0.15, 0.2) is 0 Å². The lowest BCUT2D eigenvalue weighted by molar-refractivity contribution is -0.131. The van der Waals surface area contributed by atoms with E-state index in [0.29, 0.717) is 6.42 Å². The molecule has 1 unspecified atom stereocenters. The van der Waals surface area contributed by atoms with Crippen molar-refractivity contribution in [3.05, 3.63) is 42.5 Å². The van der Waals surface area contributed by atoms with Crippen LogP contribution in [0.25, 0.3) is 5.69 Å². The largest absolute Gasteiger partial charge is 0.339 e. The summed E-state index contributed by atoms with van der Waals surface area (Å²) in [6, 6.07) is 8.10. The van der Waals surface area contributed by atoms with Crippen molar-refractivity contribution in [2.24, 2.45) is 5.73 Å². The number of aromatic nitrogens is 3. The van der Waals surface area contributed by atoms with E-state index in [-0.39, 0.29) is 24.4 Å². The highest BCUT2D eigenvalue weighted by molar-refractivity contribution is 5.85. The molecule has 138 valence electrons. The van der Waals surface area contributed by atoms with Crippen molar-refractivity contribution in [1.29, 1.82) is 0 Å². The maximum Gasteiger partial charge on any atom is 0.222 e. The van der Waals surface area contributed by atoms with Crippen molar-refractivity contribution in [2.75, 3.05) is 13.6 Å². The van der Waals surface area contributed by atoms with Gasteiger partial charge in [0.2, 0.25) is 5.91 Å². The van der Waals surface area contributed by atoms with E-state index >= 15 is 0 Å². The zero-order valence-electron chi connectivity index (χ0n) is 15.0. The zero-order valence-corrected chi connectivity index (χ0v) is 15.8. The van der Waals surface area contributed by atoms with Gasteiger partial charge < -0.3 is 10.6 Å². The Balaban J connectivity index is 0.00000312. The number of nitrogens with zero attached hydrogens (tertiary/aromatic N) is 4. The SMILES string of the molecule is CC(c1ccc(-n2cncn2)cc1)N(C)C(=O)CCCCCCN.Cl. The molecule has 0 bridgehead atoms. The van der Waals surface area contributed by atoms with Crippen LogP contribution in [-0.2, 0) is 4.79 Å². The maximum atomic E-state index is 12.3. The first-order chi connectivity index (χ1) is 11.6. The van der Waals surface area contributed by atoms with Gasteiger partial charge >= 0.3 is 0 Å². The fourth-order valence-electron chi connectivity index (χ4n) is 2.64. The van der Waals surface area contributed by atoms with Gasteiger partial charge in [-0.15, -0.1) is 12.4 Å². The van der Waals surface area contributed by atoms with Gasteiger partial charge in [-0.3, -0.25) is 4.79 Å². The number of carbonyl (C=O) groups excluding carboxylic acids is 1. The minimum absolute atomic E-state index is 0. The van der Waals surface area contributed by atoms with Crippen molar-refractivity contribution in [3.8, 4) is 5.69 Å². The van der Waals surface area contributed by atoms with Crippen molar-refractivity contribution in [3.63, 3.8) is 0 Å². The molecule has 2 aromatic rings. The minimum atomic E-state index is 0. The summed E-state index contributed by atoms with van der Waals surface area (Å²) in [6.07, 6.45) is 7.92. The lowest BCUT2D eigenvalue weighted by Gasteiger charge is -2.25. The summed E-state index contributed by atoms with van der Waals surface area (Å²) in [5.41, 5.74) is 7.55. The third-order valence-corrected chi connectivity index (χ3v) is 4.38. The molecule has 0 aliphatic heterocycles. The van der Waals surface area contributed by atoms with E-state index in [4.69, 9.17) is 5.73 Å². The normalized spacial score (nSPS) is 11.6. The quantitative estimate of drug-likeness (QED) is 0.692. The van der Waals surface area contributed by atoms with Crippen molar-refractivity contribution in [2.45, 2.75) is 45.1 Å². The molecule has 0 saturated carbocycles. The number of carbonyl (C=O) groups is 1. The van der Waals surface area contributed by atoms with Gasteiger partial charge in [0, 0.05) is 13.5 Å². The van der Waals surface area contributed by atoms with Crippen LogP contribution in [0.15, 0.2) is 36.9 Å². The molecule has 1 aromatic carbocycles. The third-order valence-electron chi connectivity index (χ3n) is 4.38. The van der Waals surface area contributed by atoms with Crippen LogP contribution in [0.1, 0.15) is 50.6 Å². The summed E-state index contributed by atoms with van der Waals surface area (Å²) in [6.45, 7) is 2.78. The lowest BCUT2D eigenvalue weighted by Crippen LogP contribution is -2.29. The lowest BCUT2D eigenvalue weighted by atomic mass is 10.1. The molecule has 2 N–H and O–H groups in total. The summed E-state index contributed by atoms with van der Waals surface area (Å²) in [7, 11) is 1.87. The molecular formula is C18H28ClN5O. The zero-order chi connectivity index (χ0) is 17.4. The molecule has 2 rings (SSSR count). The Labute approximate surface area is 155 Å². The Morgan fingerprint density at radius 1 is 1.20 bits per heavy atom. The fourth-order valence-corrected chi connectivity index (χ4v) is 2.64. The number of benzene rings is 1. The topological polar surface area (TPSA) is 77.0 Å². The van der Waals surface area contributed by atoms with Crippen LogP contribution < -0.4 is 5.73 Å². The molecule has 0 aliphatic rings. The summed E-state index contributed by atoms with van der Waals surface area (Å²) in [5.74, 6) is 0.190. The summed E-state index contributed by atoms with van der Waals surface area (Å²) in [4.78, 5) is 18.1. The molecule has 0 aliphatic carbocycles. The monoisotopic (exact) mass is 365 g/mol. The van der Waals surface area contributed by atoms with E-state index in [1.807, 2.05) is 36.2 Å². The van der Waals surface area contributed by atoms with Gasteiger partial charge in [-0.2, -0.15) is 5.10 Å². The van der Waals surface area contributed by atoms with Gasteiger partial charge in [0.05, 0.1) is 11.7 Å². The number of rotatable bonds is 9. The predicted octanol–water partition coefficient (Wildman–Crippen LogP) is 3.12. The van der Waals surface area contributed by atoms with Crippen LogP contribution >= 0.6 is 12.4 Å². The van der Waals surface area contributed by atoms with E-state index in [0.717, 1.165) is 43.5 Å². The molecule has 6 nitrogen and oxygen atoms in total. The number of unbranched alkanes of at least 4 members (excludes halogenated alkanes) is 3. The number of amides is 1. The molecule has 1 atom stereocenters. The van der Waals surface area contributed by atoms with Crippen LogP contribution in [0.2, 0.25) is 0 Å². The maximum absolute atomic E-state index is 12.3. The van der Waals surface area contributed by atoms with Gasteiger partial charge in [0.25, 0.3) is 0 Å². The molecule has 25 heavy (non-hydrogen) atoms. The van der Waals surface area contributed by atoms with Crippen LogP contribution in [0, 0.1) is 0 Å².